The summed E-state index contributed by atoms with van der Waals surface area (Å²) < 4.78 is 30.5. The van der Waals surface area contributed by atoms with E-state index in [2.05, 4.69) is 25.6 Å². The van der Waals surface area contributed by atoms with E-state index in [1.165, 1.54) is 19.1 Å². The van der Waals surface area contributed by atoms with E-state index in [4.69, 9.17) is 14.2 Å². The third-order valence-electron chi connectivity index (χ3n) is 5.82. The number of amides is 2. The lowest BCUT2D eigenvalue weighted by Crippen LogP contribution is -2.42. The molecule has 3 aromatic heterocycles. The molecule has 1 atom stereocenters. The lowest BCUT2D eigenvalue weighted by molar-refractivity contribution is -0.118. The van der Waals surface area contributed by atoms with Crippen molar-refractivity contribution in [2.75, 3.05) is 45.8 Å². The van der Waals surface area contributed by atoms with Crippen LogP contribution in [0.5, 0.6) is 11.6 Å². The number of carbonyl (C=O) groups excluding carboxylic acids is 1. The maximum absolute atomic E-state index is 14.6. The van der Waals surface area contributed by atoms with E-state index < -0.39 is 18.0 Å². The summed E-state index contributed by atoms with van der Waals surface area (Å²) in [6, 6.07) is 6.79. The van der Waals surface area contributed by atoms with Crippen LogP contribution in [0.2, 0.25) is 0 Å². The van der Waals surface area contributed by atoms with Crippen LogP contribution in [0.1, 0.15) is 11.3 Å². The van der Waals surface area contributed by atoms with E-state index in [0.29, 0.717) is 47.3 Å². The van der Waals surface area contributed by atoms with Gasteiger partial charge in [-0.15, -0.1) is 0 Å². The van der Waals surface area contributed by atoms with Crippen molar-refractivity contribution < 1.29 is 33.3 Å². The molecule has 13 heteroatoms. The van der Waals surface area contributed by atoms with Crippen molar-refractivity contribution >= 4 is 28.9 Å². The summed E-state index contributed by atoms with van der Waals surface area (Å²) in [6.07, 6.45) is -0.438. The number of pyridine rings is 3. The number of nitrogens with zero attached hydrogens (tertiary/aromatic N) is 4. The lowest BCUT2D eigenvalue weighted by Gasteiger charge is -2.25. The molecule has 196 valence electrons. The summed E-state index contributed by atoms with van der Waals surface area (Å²) in [5.41, 5.74) is 1.74. The average molecular weight is 515 g/mol. The van der Waals surface area contributed by atoms with Crippen molar-refractivity contribution in [1.29, 1.82) is 0 Å². The maximum Gasteiger partial charge on any atom is 0.407 e. The standard InChI is InChI=1S/C24H27FN6O6/c1-35-15(10-26-9-14-3-5-19-23(28-14)29-20(32)13-37-19)12-31(24(33)34)8-7-16-17(25)11-27-18-4-6-21(36-2)30-22(16)18/h3-6,11,15,26H,7-10,12-13H2,1-2H3,(H,33,34)(H,28,29,32). The van der Waals surface area contributed by atoms with Crippen LogP contribution < -0.4 is 20.1 Å². The summed E-state index contributed by atoms with van der Waals surface area (Å²) in [7, 11) is 2.95. The largest absolute Gasteiger partial charge is 0.481 e. The predicted octanol–water partition coefficient (Wildman–Crippen LogP) is 1.83. The van der Waals surface area contributed by atoms with Crippen LogP contribution in [0.3, 0.4) is 0 Å². The molecule has 0 aliphatic carbocycles. The molecule has 3 aromatic rings. The van der Waals surface area contributed by atoms with Gasteiger partial charge in [0.2, 0.25) is 5.88 Å². The highest BCUT2D eigenvalue weighted by atomic mass is 19.1. The van der Waals surface area contributed by atoms with Crippen molar-refractivity contribution in [3.05, 3.63) is 47.5 Å². The highest BCUT2D eigenvalue weighted by molar-refractivity contribution is 5.94. The van der Waals surface area contributed by atoms with Gasteiger partial charge in [0.25, 0.3) is 5.91 Å². The number of carbonyl (C=O) groups is 2. The molecule has 0 radical (unpaired) electrons. The zero-order valence-corrected chi connectivity index (χ0v) is 20.4. The maximum atomic E-state index is 14.6. The Hall–Kier alpha value is -4.10. The van der Waals surface area contributed by atoms with Crippen LogP contribution in [0, 0.1) is 5.82 Å². The quantitative estimate of drug-likeness (QED) is 0.346. The Morgan fingerprint density at radius 1 is 1.30 bits per heavy atom. The fraction of sp³-hybridized carbons (Fsp3) is 0.375. The molecule has 0 spiro atoms. The smallest absolute Gasteiger partial charge is 0.407 e. The molecule has 37 heavy (non-hydrogen) atoms. The minimum atomic E-state index is -1.15. The number of hydrogen-bond acceptors (Lipinski definition) is 9. The van der Waals surface area contributed by atoms with E-state index in [0.717, 1.165) is 6.20 Å². The third-order valence-corrected chi connectivity index (χ3v) is 5.82. The van der Waals surface area contributed by atoms with Crippen LogP contribution in [-0.2, 0) is 22.5 Å². The van der Waals surface area contributed by atoms with E-state index in [9.17, 15) is 19.1 Å². The minimum absolute atomic E-state index is 0.0240. The Balaban J connectivity index is 1.36. The van der Waals surface area contributed by atoms with Gasteiger partial charge in [0.05, 0.1) is 42.7 Å². The van der Waals surface area contributed by atoms with Gasteiger partial charge in [0, 0.05) is 38.4 Å². The Morgan fingerprint density at radius 3 is 2.89 bits per heavy atom. The minimum Gasteiger partial charge on any atom is -0.481 e. The summed E-state index contributed by atoms with van der Waals surface area (Å²) in [4.78, 5) is 37.3. The first kappa shape index (κ1) is 26.0. The van der Waals surface area contributed by atoms with Gasteiger partial charge < -0.3 is 34.9 Å². The second-order valence-electron chi connectivity index (χ2n) is 8.26. The zero-order chi connectivity index (χ0) is 26.4. The van der Waals surface area contributed by atoms with Crippen molar-refractivity contribution in [3.63, 3.8) is 0 Å². The van der Waals surface area contributed by atoms with E-state index in [1.54, 1.807) is 24.3 Å². The number of hydrogen-bond donors (Lipinski definition) is 3. The number of anilines is 1. The van der Waals surface area contributed by atoms with E-state index in [1.807, 2.05) is 0 Å². The molecule has 4 rings (SSSR count). The van der Waals surface area contributed by atoms with Crippen molar-refractivity contribution in [1.82, 2.24) is 25.2 Å². The molecule has 1 unspecified atom stereocenters. The van der Waals surface area contributed by atoms with Gasteiger partial charge in [-0.3, -0.25) is 9.78 Å². The molecule has 4 heterocycles. The van der Waals surface area contributed by atoms with Crippen LogP contribution in [0.25, 0.3) is 11.0 Å². The SMILES string of the molecule is COc1ccc2ncc(F)c(CCN(CC(CNCc3ccc4c(n3)NC(=O)CO4)OC)C(=O)O)c2n1. The number of methoxy groups -OCH3 is 2. The van der Waals surface area contributed by atoms with Crippen LogP contribution in [0.15, 0.2) is 30.5 Å². The van der Waals surface area contributed by atoms with Gasteiger partial charge in [0.15, 0.2) is 18.2 Å². The number of rotatable bonds is 11. The van der Waals surface area contributed by atoms with E-state index in [-0.39, 0.29) is 37.6 Å². The second kappa shape index (κ2) is 11.8. The number of fused-ring (bicyclic) bond motifs is 2. The highest BCUT2D eigenvalue weighted by Gasteiger charge is 2.21. The number of carboxylic acid groups (broad SMARTS) is 1. The Morgan fingerprint density at radius 2 is 2.14 bits per heavy atom. The van der Waals surface area contributed by atoms with Gasteiger partial charge in [-0.25, -0.2) is 19.2 Å². The van der Waals surface area contributed by atoms with Gasteiger partial charge in [-0.05, 0) is 24.6 Å². The lowest BCUT2D eigenvalue weighted by atomic mass is 10.1. The summed E-state index contributed by atoms with van der Waals surface area (Å²) in [5, 5.41) is 15.6. The molecule has 0 saturated heterocycles. The van der Waals surface area contributed by atoms with Gasteiger partial charge in [-0.1, -0.05) is 0 Å². The van der Waals surface area contributed by atoms with Crippen molar-refractivity contribution in [3.8, 4) is 11.6 Å². The molecule has 12 nitrogen and oxygen atoms in total. The summed E-state index contributed by atoms with van der Waals surface area (Å²) in [5.74, 6) is 0.335. The molecule has 0 aromatic carbocycles. The number of halogens is 1. The first-order valence-corrected chi connectivity index (χ1v) is 11.5. The second-order valence-corrected chi connectivity index (χ2v) is 8.26. The predicted molar refractivity (Wildman–Crippen MR) is 130 cm³/mol. The van der Waals surface area contributed by atoms with Gasteiger partial charge in [0.1, 0.15) is 5.82 Å². The highest BCUT2D eigenvalue weighted by Crippen LogP contribution is 2.25. The Labute approximate surface area is 211 Å². The molecule has 0 saturated carbocycles. The molecule has 1 aliphatic heterocycles. The Kier molecular flexibility index (Phi) is 8.25. The molecular formula is C24H27FN6O6. The summed E-state index contributed by atoms with van der Waals surface area (Å²) >= 11 is 0. The normalized spacial score (nSPS) is 13.4. The zero-order valence-electron chi connectivity index (χ0n) is 20.4. The third kappa shape index (κ3) is 6.37. The summed E-state index contributed by atoms with van der Waals surface area (Å²) in [6.45, 7) is 0.722. The molecule has 2 amide bonds. The van der Waals surface area contributed by atoms with Crippen molar-refractivity contribution in [2.24, 2.45) is 0 Å². The average Bonchev–Trinajstić information content (AvgIpc) is 2.90. The monoisotopic (exact) mass is 514 g/mol. The van der Waals surface area contributed by atoms with Crippen LogP contribution >= 0.6 is 0 Å². The first-order chi connectivity index (χ1) is 17.9. The number of nitrogens with one attached hydrogen (secondary N) is 2. The van der Waals surface area contributed by atoms with Gasteiger partial charge >= 0.3 is 6.09 Å². The first-order valence-electron chi connectivity index (χ1n) is 11.5. The number of aromatic nitrogens is 3. The fourth-order valence-electron chi connectivity index (χ4n) is 3.87. The molecular weight excluding hydrogens is 487 g/mol. The molecule has 0 bridgehead atoms. The topological polar surface area (TPSA) is 148 Å². The van der Waals surface area contributed by atoms with Crippen LogP contribution in [0.4, 0.5) is 15.0 Å². The fourth-order valence-corrected chi connectivity index (χ4v) is 3.87. The van der Waals surface area contributed by atoms with E-state index >= 15 is 0 Å². The molecule has 1 aliphatic rings. The van der Waals surface area contributed by atoms with Gasteiger partial charge in [-0.2, -0.15) is 0 Å². The van der Waals surface area contributed by atoms with Crippen LogP contribution in [-0.4, -0.2) is 83.5 Å². The Bertz CT molecular complexity index is 1290. The molecule has 0 fully saturated rings. The molecule has 3 N–H and O–H groups in total. The van der Waals surface area contributed by atoms with Crippen molar-refractivity contribution in [2.45, 2.75) is 19.1 Å². The number of ether oxygens (including phenoxy) is 3.